The number of carbonyl (C=O) groups is 1. The molecule has 0 aliphatic carbocycles. The first-order valence-corrected chi connectivity index (χ1v) is 5.75. The van der Waals surface area contributed by atoms with Gasteiger partial charge in [0.05, 0.1) is 12.1 Å². The van der Waals surface area contributed by atoms with Crippen molar-refractivity contribution in [2.75, 3.05) is 5.73 Å². The maximum Gasteiger partial charge on any atom is 0.251 e. The van der Waals surface area contributed by atoms with Crippen LogP contribution >= 0.6 is 11.3 Å². The molecule has 88 valence electrons. The Balaban J connectivity index is 2.04. The van der Waals surface area contributed by atoms with Crippen LogP contribution < -0.4 is 11.1 Å². The van der Waals surface area contributed by atoms with Crippen LogP contribution in [0.2, 0.25) is 0 Å². The smallest absolute Gasteiger partial charge is 0.251 e. The van der Waals surface area contributed by atoms with Crippen molar-refractivity contribution in [2.24, 2.45) is 0 Å². The zero-order valence-electron chi connectivity index (χ0n) is 8.81. The van der Waals surface area contributed by atoms with Crippen molar-refractivity contribution >= 4 is 22.9 Å². The van der Waals surface area contributed by atoms with Crippen LogP contribution in [0.15, 0.2) is 29.9 Å². The molecule has 2 rings (SSSR count). The molecule has 17 heavy (non-hydrogen) atoms. The van der Waals surface area contributed by atoms with Crippen molar-refractivity contribution in [2.45, 2.75) is 6.54 Å². The minimum absolute atomic E-state index is 0.215. The molecule has 0 bridgehead atoms. The first-order chi connectivity index (χ1) is 8.15. The summed E-state index contributed by atoms with van der Waals surface area (Å²) in [4.78, 5) is 16.5. The summed E-state index contributed by atoms with van der Waals surface area (Å²) < 4.78 is 13.0. The number of amides is 1. The fourth-order valence-electron chi connectivity index (χ4n) is 1.34. The van der Waals surface area contributed by atoms with Crippen molar-refractivity contribution in [1.82, 2.24) is 10.3 Å². The second kappa shape index (κ2) is 4.92. The lowest BCUT2D eigenvalue weighted by molar-refractivity contribution is 0.0951. The maximum absolute atomic E-state index is 13.0. The predicted octanol–water partition coefficient (Wildman–Crippen LogP) is 1.79. The van der Waals surface area contributed by atoms with Crippen molar-refractivity contribution in [1.29, 1.82) is 0 Å². The molecule has 1 aromatic heterocycles. The zero-order chi connectivity index (χ0) is 12.3. The quantitative estimate of drug-likeness (QED) is 0.817. The van der Waals surface area contributed by atoms with Crippen LogP contribution in [-0.2, 0) is 6.54 Å². The largest absolute Gasteiger partial charge is 0.399 e. The van der Waals surface area contributed by atoms with Crippen molar-refractivity contribution in [3.05, 3.63) is 46.2 Å². The summed E-state index contributed by atoms with van der Waals surface area (Å²) in [6, 6.07) is 3.75. The molecule has 0 spiro atoms. The third-order valence-electron chi connectivity index (χ3n) is 2.09. The molecule has 6 heteroatoms. The van der Waals surface area contributed by atoms with E-state index in [4.69, 9.17) is 5.73 Å². The number of nitrogens with one attached hydrogen (secondary N) is 1. The molecule has 0 radical (unpaired) electrons. The number of carbonyl (C=O) groups excluding carboxylic acids is 1. The number of hydrogen-bond acceptors (Lipinski definition) is 4. The van der Waals surface area contributed by atoms with Crippen molar-refractivity contribution in [3.63, 3.8) is 0 Å². The van der Waals surface area contributed by atoms with Gasteiger partial charge in [-0.15, -0.1) is 11.3 Å². The molecule has 0 saturated heterocycles. The fourth-order valence-corrected chi connectivity index (χ4v) is 1.88. The molecule has 0 atom stereocenters. The van der Waals surface area contributed by atoms with E-state index in [2.05, 4.69) is 10.3 Å². The highest BCUT2D eigenvalue weighted by Crippen LogP contribution is 2.11. The van der Waals surface area contributed by atoms with Gasteiger partial charge in [-0.3, -0.25) is 9.78 Å². The molecular weight excluding hydrogens is 241 g/mol. The molecule has 0 fully saturated rings. The highest BCUT2D eigenvalue weighted by molar-refractivity contribution is 7.09. The number of nitrogens with two attached hydrogens (primary N) is 1. The van der Waals surface area contributed by atoms with Crippen LogP contribution in [0.3, 0.4) is 0 Å². The standard InChI is InChI=1S/C11H10FN3OS/c12-8-1-7(2-9(13)3-8)11(16)15-5-10-4-14-6-17-10/h1-4,6H,5,13H2,(H,15,16). The average molecular weight is 251 g/mol. The van der Waals surface area contributed by atoms with E-state index < -0.39 is 5.82 Å². The summed E-state index contributed by atoms with van der Waals surface area (Å²) in [5.74, 6) is -0.877. The van der Waals surface area contributed by atoms with Crippen LogP contribution in [0.4, 0.5) is 10.1 Å². The second-order valence-corrected chi connectivity index (χ2v) is 4.39. The van der Waals surface area contributed by atoms with Crippen LogP contribution in [0, 0.1) is 5.82 Å². The predicted molar refractivity (Wildman–Crippen MR) is 64.1 cm³/mol. The summed E-state index contributed by atoms with van der Waals surface area (Å²) in [6.07, 6.45) is 1.67. The molecule has 4 nitrogen and oxygen atoms in total. The molecule has 0 unspecified atom stereocenters. The van der Waals surface area contributed by atoms with Crippen molar-refractivity contribution < 1.29 is 9.18 Å². The van der Waals surface area contributed by atoms with Crippen LogP contribution in [0.1, 0.15) is 15.2 Å². The summed E-state index contributed by atoms with van der Waals surface area (Å²) in [5, 5.41) is 2.67. The molecule has 0 aliphatic heterocycles. The number of halogens is 1. The molecule has 1 amide bonds. The van der Waals surface area contributed by atoms with Gasteiger partial charge in [-0.1, -0.05) is 0 Å². The number of rotatable bonds is 3. The Bertz CT molecular complexity index is 507. The monoisotopic (exact) mass is 251 g/mol. The summed E-state index contributed by atoms with van der Waals surface area (Å²) in [7, 11) is 0. The Kier molecular flexibility index (Phi) is 3.34. The highest BCUT2D eigenvalue weighted by atomic mass is 32.1. The van der Waals surface area contributed by atoms with Gasteiger partial charge in [0.2, 0.25) is 0 Å². The molecule has 1 aromatic carbocycles. The maximum atomic E-state index is 13.0. The van der Waals surface area contributed by atoms with E-state index in [-0.39, 0.29) is 17.2 Å². The number of nitrogen functional groups attached to an aromatic ring is 1. The SMILES string of the molecule is Nc1cc(F)cc(C(=O)NCc2cncs2)c1. The summed E-state index contributed by atoms with van der Waals surface area (Å²) in [6.45, 7) is 0.375. The Labute approximate surface area is 101 Å². The number of anilines is 1. The molecule has 3 N–H and O–H groups in total. The number of hydrogen-bond donors (Lipinski definition) is 2. The number of thiazole rings is 1. The van der Waals surface area contributed by atoms with E-state index >= 15 is 0 Å². The zero-order valence-corrected chi connectivity index (χ0v) is 9.63. The summed E-state index contributed by atoms with van der Waals surface area (Å²) in [5.41, 5.74) is 7.59. The number of benzene rings is 1. The lowest BCUT2D eigenvalue weighted by atomic mass is 10.2. The number of aromatic nitrogens is 1. The van der Waals surface area contributed by atoms with Gasteiger partial charge in [-0.25, -0.2) is 4.39 Å². The van der Waals surface area contributed by atoms with Gasteiger partial charge in [0, 0.05) is 22.3 Å². The van der Waals surface area contributed by atoms with Gasteiger partial charge < -0.3 is 11.1 Å². The Morgan fingerprint density at radius 2 is 2.29 bits per heavy atom. The van der Waals surface area contributed by atoms with Crippen LogP contribution in [0.5, 0.6) is 0 Å². The molecule has 1 heterocycles. The second-order valence-electron chi connectivity index (χ2n) is 3.42. The minimum atomic E-state index is -0.520. The molecule has 0 saturated carbocycles. The topological polar surface area (TPSA) is 68.0 Å². The van der Waals surface area contributed by atoms with Gasteiger partial charge in [0.25, 0.3) is 5.91 Å². The van der Waals surface area contributed by atoms with Gasteiger partial charge in [0.15, 0.2) is 0 Å². The lowest BCUT2D eigenvalue weighted by Gasteiger charge is -2.04. The third-order valence-corrected chi connectivity index (χ3v) is 2.87. The number of nitrogens with zero attached hydrogens (tertiary/aromatic N) is 1. The Hall–Kier alpha value is -1.95. The first-order valence-electron chi connectivity index (χ1n) is 4.87. The first kappa shape index (κ1) is 11.5. The minimum Gasteiger partial charge on any atom is -0.399 e. The normalized spacial score (nSPS) is 10.2. The highest BCUT2D eigenvalue weighted by Gasteiger charge is 2.08. The molecule has 0 aliphatic rings. The Morgan fingerprint density at radius 3 is 2.94 bits per heavy atom. The molecule has 2 aromatic rings. The third kappa shape index (κ3) is 3.01. The Morgan fingerprint density at radius 1 is 1.47 bits per heavy atom. The molecular formula is C11H10FN3OS. The summed E-state index contributed by atoms with van der Waals surface area (Å²) >= 11 is 1.44. The van der Waals surface area contributed by atoms with Crippen LogP contribution in [0.25, 0.3) is 0 Å². The van der Waals surface area contributed by atoms with Gasteiger partial charge in [0.1, 0.15) is 5.82 Å². The van der Waals surface area contributed by atoms with E-state index in [1.807, 2.05) is 0 Å². The fraction of sp³-hybridized carbons (Fsp3) is 0.0909. The average Bonchev–Trinajstić information content (AvgIpc) is 2.77. The van der Waals surface area contributed by atoms with E-state index in [9.17, 15) is 9.18 Å². The van der Waals surface area contributed by atoms with Gasteiger partial charge in [-0.2, -0.15) is 0 Å². The van der Waals surface area contributed by atoms with Gasteiger partial charge >= 0.3 is 0 Å². The van der Waals surface area contributed by atoms with E-state index in [1.165, 1.54) is 23.5 Å². The lowest BCUT2D eigenvalue weighted by Crippen LogP contribution is -2.22. The van der Waals surface area contributed by atoms with E-state index in [1.54, 1.807) is 11.7 Å². The van der Waals surface area contributed by atoms with Crippen LogP contribution in [-0.4, -0.2) is 10.9 Å². The van der Waals surface area contributed by atoms with Gasteiger partial charge in [-0.05, 0) is 18.2 Å². The van der Waals surface area contributed by atoms with Crippen molar-refractivity contribution in [3.8, 4) is 0 Å². The van der Waals surface area contributed by atoms with E-state index in [0.717, 1.165) is 10.9 Å². The van der Waals surface area contributed by atoms with E-state index in [0.29, 0.717) is 6.54 Å².